The molecule has 0 aliphatic heterocycles. The predicted molar refractivity (Wildman–Crippen MR) is 247 cm³/mol. The molecular formula is C48H90N3O12P. The second-order valence-electron chi connectivity index (χ2n) is 19.3. The number of alkyl carbamates (subject to hydrolysis) is 2. The summed E-state index contributed by atoms with van der Waals surface area (Å²) >= 11 is 0. The molecule has 16 heteroatoms. The van der Waals surface area contributed by atoms with Gasteiger partial charge in [0.25, 0.3) is 7.82 Å². The van der Waals surface area contributed by atoms with Crippen LogP contribution in [0.25, 0.3) is 0 Å². The number of carbonyl (C=O) groups is 4. The number of hydrogen-bond donors (Lipinski definition) is 2. The smallest absolute Gasteiger partial charge is 0.407 e. The molecule has 2 fully saturated rings. The number of carbonyl (C=O) groups excluding carboxylic acids is 4. The van der Waals surface area contributed by atoms with E-state index in [0.29, 0.717) is 62.0 Å². The predicted octanol–water partition coefficient (Wildman–Crippen LogP) is 10.1. The number of amides is 2. The molecule has 0 spiro atoms. The number of hydrogen-bond acceptors (Lipinski definition) is 12. The Hall–Kier alpha value is -2.45. The third-order valence-corrected chi connectivity index (χ3v) is 13.1. The van der Waals surface area contributed by atoms with E-state index in [1.807, 2.05) is 21.1 Å². The fraction of sp³-hybridized carbons (Fsp3) is 0.917. The summed E-state index contributed by atoms with van der Waals surface area (Å²) in [6.45, 7) is 1.93. The van der Waals surface area contributed by atoms with Crippen molar-refractivity contribution in [2.24, 2.45) is 11.8 Å². The van der Waals surface area contributed by atoms with Gasteiger partial charge in [-0.15, -0.1) is 0 Å². The van der Waals surface area contributed by atoms with E-state index in [2.05, 4.69) is 10.6 Å². The molecule has 374 valence electrons. The Morgan fingerprint density at radius 3 is 1.39 bits per heavy atom. The normalized spacial score (nSPS) is 16.4. The Labute approximate surface area is 387 Å². The summed E-state index contributed by atoms with van der Waals surface area (Å²) < 4.78 is 44.7. The lowest BCUT2D eigenvalue weighted by molar-refractivity contribution is -0.870. The number of likely N-dealkylation sites (N-methyl/N-ethyl adjacent to an activating group) is 1. The molecule has 2 atom stereocenters. The van der Waals surface area contributed by atoms with E-state index in [1.165, 1.54) is 38.5 Å². The van der Waals surface area contributed by atoms with E-state index in [1.54, 1.807) is 0 Å². The van der Waals surface area contributed by atoms with Gasteiger partial charge in [0.2, 0.25) is 0 Å². The first-order valence-corrected chi connectivity index (χ1v) is 26.8. The summed E-state index contributed by atoms with van der Waals surface area (Å²) in [5, 5.41) is 5.73. The van der Waals surface area contributed by atoms with E-state index < -0.39 is 32.5 Å². The number of ether oxygens (including phenoxy) is 4. The van der Waals surface area contributed by atoms with Crippen LogP contribution < -0.4 is 15.5 Å². The van der Waals surface area contributed by atoms with Gasteiger partial charge in [0.15, 0.2) is 6.10 Å². The van der Waals surface area contributed by atoms with Crippen molar-refractivity contribution >= 4 is 31.9 Å². The number of nitrogens with zero attached hydrogens (tertiary/aromatic N) is 1. The maximum atomic E-state index is 12.7. The second kappa shape index (κ2) is 36.6. The molecule has 64 heavy (non-hydrogen) atoms. The monoisotopic (exact) mass is 932 g/mol. The van der Waals surface area contributed by atoms with Crippen LogP contribution in [-0.2, 0) is 42.1 Å². The summed E-state index contributed by atoms with van der Waals surface area (Å²) in [6, 6.07) is 0. The van der Waals surface area contributed by atoms with Crippen LogP contribution in [0.15, 0.2) is 0 Å². The van der Waals surface area contributed by atoms with Crippen molar-refractivity contribution in [2.45, 2.75) is 199 Å². The lowest BCUT2D eigenvalue weighted by atomic mass is 9.90. The first-order chi connectivity index (χ1) is 30.8. The van der Waals surface area contributed by atoms with E-state index in [4.69, 9.17) is 28.0 Å². The first kappa shape index (κ1) is 57.7. The molecule has 0 heterocycles. The Bertz CT molecular complexity index is 1270. The summed E-state index contributed by atoms with van der Waals surface area (Å²) in [6.07, 6.45) is 28.9. The molecule has 2 aliphatic rings. The van der Waals surface area contributed by atoms with E-state index >= 15 is 0 Å². The molecule has 0 aromatic heterocycles. The van der Waals surface area contributed by atoms with Crippen molar-refractivity contribution < 1.29 is 61.1 Å². The highest BCUT2D eigenvalue weighted by Crippen LogP contribution is 2.38. The average Bonchev–Trinajstić information content (AvgIpc) is 3.26. The Morgan fingerprint density at radius 1 is 0.547 bits per heavy atom. The molecule has 0 bridgehead atoms. The minimum Gasteiger partial charge on any atom is -0.756 e. The molecule has 0 aromatic rings. The van der Waals surface area contributed by atoms with Crippen molar-refractivity contribution in [1.29, 1.82) is 0 Å². The largest absolute Gasteiger partial charge is 0.756 e. The van der Waals surface area contributed by atoms with E-state index in [0.717, 1.165) is 128 Å². The quantitative estimate of drug-likeness (QED) is 0.0196. The molecule has 0 saturated heterocycles. The topological polar surface area (TPSA) is 188 Å². The van der Waals surface area contributed by atoms with Gasteiger partial charge < -0.3 is 48.0 Å². The van der Waals surface area contributed by atoms with Gasteiger partial charge in [-0.2, -0.15) is 0 Å². The first-order valence-electron chi connectivity index (χ1n) is 25.4. The number of quaternary nitrogens is 1. The van der Waals surface area contributed by atoms with Crippen molar-refractivity contribution in [2.75, 3.05) is 73.8 Å². The standard InChI is InChI=1S/C48H90N3O12P/c1-51(2,3)36-37-61-64(56,57)62-41-44(63-46(53)33-25-15-11-7-5-9-13-17-27-35-50-48(55)60-39-43-30-22-19-23-31-43)40-58-45(52)32-24-14-10-6-4-8-12-16-26-34-49-47(54)59-38-42-28-20-18-21-29-42/h42-44H,4-41H2,1-3H3,(H2-,49,50,54,55,56,57). The minimum absolute atomic E-state index is 0.0587. The molecular weight excluding hydrogens is 842 g/mol. The molecule has 0 radical (unpaired) electrons. The zero-order valence-corrected chi connectivity index (χ0v) is 41.3. The number of nitrogens with one attached hydrogen (secondary N) is 2. The lowest BCUT2D eigenvalue weighted by Gasteiger charge is -2.28. The fourth-order valence-electron chi connectivity index (χ4n) is 8.10. The third-order valence-electron chi connectivity index (χ3n) is 12.2. The van der Waals surface area contributed by atoms with Crippen molar-refractivity contribution in [3.63, 3.8) is 0 Å². The van der Waals surface area contributed by atoms with E-state index in [-0.39, 0.29) is 38.2 Å². The highest BCUT2D eigenvalue weighted by molar-refractivity contribution is 7.45. The SMILES string of the molecule is C[N+](C)(C)CCOP(=O)([O-])OCC(COC(=O)CCCCCCCCCCCNC(=O)OCC1CCCCC1)OC(=O)CCCCCCCCCCCNC(=O)OCC1CCCCC1. The summed E-state index contributed by atoms with van der Waals surface area (Å²) in [7, 11) is 1.07. The second-order valence-corrected chi connectivity index (χ2v) is 20.7. The van der Waals surface area contributed by atoms with Gasteiger partial charge >= 0.3 is 24.1 Å². The average molecular weight is 932 g/mol. The number of unbranched alkanes of at least 4 members (excludes halogenated alkanes) is 16. The fourth-order valence-corrected chi connectivity index (χ4v) is 8.83. The van der Waals surface area contributed by atoms with Crippen LogP contribution in [0.5, 0.6) is 0 Å². The van der Waals surface area contributed by atoms with Gasteiger partial charge in [-0.25, -0.2) is 9.59 Å². The summed E-state index contributed by atoms with van der Waals surface area (Å²) in [5.74, 6) is 0.115. The highest BCUT2D eigenvalue weighted by atomic mass is 31.2. The zero-order valence-electron chi connectivity index (χ0n) is 40.4. The van der Waals surface area contributed by atoms with Crippen LogP contribution in [0.2, 0.25) is 0 Å². The molecule has 2 rings (SSSR count). The molecule has 0 aromatic carbocycles. The third kappa shape index (κ3) is 34.8. The number of rotatable bonds is 38. The number of phosphoric acid groups is 1. The van der Waals surface area contributed by atoms with Gasteiger partial charge in [0.1, 0.15) is 19.8 Å². The minimum atomic E-state index is -4.67. The summed E-state index contributed by atoms with van der Waals surface area (Å²) in [5.41, 5.74) is 0. The van der Waals surface area contributed by atoms with Crippen LogP contribution in [0.1, 0.15) is 193 Å². The van der Waals surface area contributed by atoms with Gasteiger partial charge in [0.05, 0.1) is 41.0 Å². The van der Waals surface area contributed by atoms with Gasteiger partial charge in [-0.3, -0.25) is 14.2 Å². The Morgan fingerprint density at radius 2 is 0.953 bits per heavy atom. The van der Waals surface area contributed by atoms with Crippen molar-refractivity contribution in [3.05, 3.63) is 0 Å². The van der Waals surface area contributed by atoms with Gasteiger partial charge in [-0.05, 0) is 63.2 Å². The van der Waals surface area contributed by atoms with E-state index in [9.17, 15) is 28.6 Å². The Kier molecular flexibility index (Phi) is 33.0. The van der Waals surface area contributed by atoms with Gasteiger partial charge in [-0.1, -0.05) is 128 Å². The highest BCUT2D eigenvalue weighted by Gasteiger charge is 2.22. The Balaban J connectivity index is 1.52. The molecule has 2 aliphatic carbocycles. The van der Waals surface area contributed by atoms with Crippen LogP contribution in [0.4, 0.5) is 9.59 Å². The molecule has 2 N–H and O–H groups in total. The maximum absolute atomic E-state index is 12.7. The lowest BCUT2D eigenvalue weighted by Crippen LogP contribution is -2.37. The molecule has 15 nitrogen and oxygen atoms in total. The number of esters is 2. The van der Waals surface area contributed by atoms with Crippen LogP contribution in [-0.4, -0.2) is 109 Å². The zero-order chi connectivity index (χ0) is 46.6. The van der Waals surface area contributed by atoms with Crippen LogP contribution in [0.3, 0.4) is 0 Å². The summed E-state index contributed by atoms with van der Waals surface area (Å²) in [4.78, 5) is 61.6. The van der Waals surface area contributed by atoms with Crippen molar-refractivity contribution in [3.8, 4) is 0 Å². The number of phosphoric ester groups is 1. The molecule has 2 amide bonds. The van der Waals surface area contributed by atoms with Crippen LogP contribution >= 0.6 is 7.82 Å². The molecule has 2 unspecified atom stereocenters. The maximum Gasteiger partial charge on any atom is 0.407 e. The van der Waals surface area contributed by atoms with Crippen LogP contribution in [0, 0.1) is 11.8 Å². The molecule has 2 saturated carbocycles. The van der Waals surface area contributed by atoms with Crippen molar-refractivity contribution in [1.82, 2.24) is 10.6 Å². The van der Waals surface area contributed by atoms with Gasteiger partial charge in [0, 0.05) is 25.9 Å².